The van der Waals surface area contributed by atoms with E-state index in [1.54, 1.807) is 19.1 Å². The molecule has 0 radical (unpaired) electrons. The van der Waals surface area contributed by atoms with Crippen LogP contribution in [0.15, 0.2) is 34.1 Å². The highest BCUT2D eigenvalue weighted by Gasteiger charge is 2.32. The lowest BCUT2D eigenvalue weighted by Crippen LogP contribution is -2.48. The number of H-pyrrole nitrogens is 1. The molecule has 1 saturated heterocycles. The molecule has 0 atom stereocenters. The third kappa shape index (κ3) is 3.46. The molecule has 2 aromatic heterocycles. The van der Waals surface area contributed by atoms with Crippen molar-refractivity contribution in [3.63, 3.8) is 0 Å². The summed E-state index contributed by atoms with van der Waals surface area (Å²) in [6.45, 7) is 7.54. The van der Waals surface area contributed by atoms with Crippen LogP contribution in [0, 0.1) is 6.92 Å². The zero-order chi connectivity index (χ0) is 21.7. The average molecular weight is 432 g/mol. The first kappa shape index (κ1) is 20.4. The van der Waals surface area contributed by atoms with Gasteiger partial charge in [-0.15, -0.1) is 0 Å². The van der Waals surface area contributed by atoms with Crippen molar-refractivity contribution in [2.45, 2.75) is 36.2 Å². The fourth-order valence-corrected chi connectivity index (χ4v) is 5.20. The zero-order valence-corrected chi connectivity index (χ0v) is 18.2. The van der Waals surface area contributed by atoms with Gasteiger partial charge in [0.1, 0.15) is 33.3 Å². The minimum atomic E-state index is -3.91. The summed E-state index contributed by atoms with van der Waals surface area (Å²) in [5, 5.41) is 0. The Labute approximate surface area is 175 Å². The Morgan fingerprint density at radius 1 is 1.23 bits per heavy atom. The molecule has 0 spiro atoms. The van der Waals surface area contributed by atoms with E-state index in [-0.39, 0.29) is 26.7 Å². The number of nitrogen functional groups attached to an aromatic ring is 1. The number of nitrogens with zero attached hydrogens (tertiary/aromatic N) is 3. The number of anilines is 2. The van der Waals surface area contributed by atoms with Crippen LogP contribution in [-0.2, 0) is 14.6 Å². The first-order valence-corrected chi connectivity index (χ1v) is 11.0. The molecule has 0 unspecified atom stereocenters. The first-order chi connectivity index (χ1) is 14.1. The number of rotatable bonds is 4. The Bertz CT molecular complexity index is 1200. The molecule has 9 nitrogen and oxygen atoms in total. The zero-order valence-electron chi connectivity index (χ0n) is 17.4. The van der Waals surface area contributed by atoms with Gasteiger partial charge in [-0.2, -0.15) is 0 Å². The smallest absolute Gasteiger partial charge is 0.212 e. The largest absolute Gasteiger partial charge is 0.497 e. The predicted molar refractivity (Wildman–Crippen MR) is 114 cm³/mol. The third-order valence-electron chi connectivity index (χ3n) is 5.08. The summed E-state index contributed by atoms with van der Waals surface area (Å²) in [5.74, 6) is 1.69. The van der Waals surface area contributed by atoms with Crippen LogP contribution in [0.4, 0.5) is 11.6 Å². The fraction of sp³-hybridized carbons (Fsp3) is 0.400. The molecule has 0 saturated carbocycles. The average Bonchev–Trinajstić information content (AvgIpc) is 3.02. The number of morpholine rings is 1. The molecule has 0 aliphatic carbocycles. The van der Waals surface area contributed by atoms with Crippen LogP contribution in [0.5, 0.6) is 5.75 Å². The number of aromatic nitrogens is 3. The van der Waals surface area contributed by atoms with Crippen LogP contribution in [0.2, 0.25) is 0 Å². The summed E-state index contributed by atoms with van der Waals surface area (Å²) >= 11 is 0. The molecule has 1 aromatic carbocycles. The summed E-state index contributed by atoms with van der Waals surface area (Å²) < 4.78 is 37.7. The van der Waals surface area contributed by atoms with Crippen molar-refractivity contribution in [3.8, 4) is 5.75 Å². The number of hydrogen-bond donors (Lipinski definition) is 2. The van der Waals surface area contributed by atoms with Crippen LogP contribution in [0.3, 0.4) is 0 Å². The van der Waals surface area contributed by atoms with Gasteiger partial charge in [0.2, 0.25) is 9.84 Å². The number of aromatic amines is 1. The summed E-state index contributed by atoms with van der Waals surface area (Å²) in [4.78, 5) is 14.2. The van der Waals surface area contributed by atoms with E-state index in [0.717, 1.165) is 0 Å². The number of nitrogens with two attached hydrogens (primary N) is 1. The summed E-state index contributed by atoms with van der Waals surface area (Å²) in [5.41, 5.74) is 6.61. The van der Waals surface area contributed by atoms with Gasteiger partial charge in [0, 0.05) is 13.1 Å². The van der Waals surface area contributed by atoms with E-state index in [1.165, 1.54) is 19.2 Å². The topological polar surface area (TPSA) is 123 Å². The molecule has 1 fully saturated rings. The van der Waals surface area contributed by atoms with Crippen molar-refractivity contribution < 1.29 is 17.9 Å². The molecule has 0 bridgehead atoms. The lowest BCUT2D eigenvalue weighted by Gasteiger charge is -2.38. The lowest BCUT2D eigenvalue weighted by molar-refractivity contribution is -0.0278. The monoisotopic (exact) mass is 431 g/mol. The minimum absolute atomic E-state index is 0.0366. The SMILES string of the molecule is COc1ccc(S(=O)(=O)c2c(N)[nH]c3c(N4CCOC(C)(C)C4)nc(C)nc23)cc1. The number of methoxy groups -OCH3 is 1. The maximum Gasteiger partial charge on any atom is 0.212 e. The Morgan fingerprint density at radius 2 is 1.93 bits per heavy atom. The van der Waals surface area contributed by atoms with Crippen LogP contribution < -0.4 is 15.4 Å². The van der Waals surface area contributed by atoms with Crippen molar-refractivity contribution in [1.82, 2.24) is 15.0 Å². The van der Waals surface area contributed by atoms with E-state index in [2.05, 4.69) is 19.9 Å². The van der Waals surface area contributed by atoms with Gasteiger partial charge in [-0.1, -0.05) is 0 Å². The highest BCUT2D eigenvalue weighted by atomic mass is 32.2. The first-order valence-electron chi connectivity index (χ1n) is 9.56. The number of hydrogen-bond acceptors (Lipinski definition) is 8. The van der Waals surface area contributed by atoms with Crippen LogP contribution in [-0.4, -0.2) is 55.8 Å². The molecule has 3 heterocycles. The maximum atomic E-state index is 13.4. The second kappa shape index (κ2) is 7.13. The molecule has 4 rings (SSSR count). The molecule has 0 amide bonds. The Balaban J connectivity index is 1.88. The van der Waals surface area contributed by atoms with Crippen LogP contribution >= 0.6 is 0 Å². The molecule has 1 aliphatic heterocycles. The second-order valence-electron chi connectivity index (χ2n) is 7.89. The van der Waals surface area contributed by atoms with E-state index < -0.39 is 9.84 Å². The van der Waals surface area contributed by atoms with E-state index >= 15 is 0 Å². The molecular formula is C20H25N5O4S. The van der Waals surface area contributed by atoms with Crippen molar-refractivity contribution in [3.05, 3.63) is 30.1 Å². The van der Waals surface area contributed by atoms with Gasteiger partial charge in [0.25, 0.3) is 0 Å². The number of ether oxygens (including phenoxy) is 2. The third-order valence-corrected chi connectivity index (χ3v) is 6.93. The highest BCUT2D eigenvalue weighted by Crippen LogP contribution is 2.37. The fourth-order valence-electron chi connectivity index (χ4n) is 3.73. The van der Waals surface area contributed by atoms with Gasteiger partial charge >= 0.3 is 0 Å². The molecule has 30 heavy (non-hydrogen) atoms. The number of benzene rings is 1. The number of sulfone groups is 1. The van der Waals surface area contributed by atoms with Gasteiger partial charge in [-0.25, -0.2) is 18.4 Å². The van der Waals surface area contributed by atoms with Crippen molar-refractivity contribution in [2.75, 3.05) is 37.4 Å². The Hall–Kier alpha value is -2.85. The van der Waals surface area contributed by atoms with Gasteiger partial charge in [0.05, 0.1) is 24.2 Å². The van der Waals surface area contributed by atoms with Gasteiger partial charge in [-0.05, 0) is 45.0 Å². The van der Waals surface area contributed by atoms with Crippen LogP contribution in [0.1, 0.15) is 19.7 Å². The number of aryl methyl sites for hydroxylation is 1. The molecule has 1 aliphatic rings. The lowest BCUT2D eigenvalue weighted by atomic mass is 10.1. The normalized spacial score (nSPS) is 16.7. The quantitative estimate of drug-likeness (QED) is 0.645. The summed E-state index contributed by atoms with van der Waals surface area (Å²) in [6.07, 6.45) is 0. The van der Waals surface area contributed by atoms with E-state index in [1.807, 2.05) is 13.8 Å². The van der Waals surface area contributed by atoms with Crippen molar-refractivity contribution in [2.24, 2.45) is 0 Å². The minimum Gasteiger partial charge on any atom is -0.497 e. The molecule has 160 valence electrons. The molecule has 3 aromatic rings. The molecule has 10 heteroatoms. The molecule has 3 N–H and O–H groups in total. The van der Waals surface area contributed by atoms with E-state index in [9.17, 15) is 8.42 Å². The Morgan fingerprint density at radius 3 is 2.57 bits per heavy atom. The van der Waals surface area contributed by atoms with Gasteiger partial charge in [0.15, 0.2) is 5.82 Å². The Kier molecular flexibility index (Phi) is 4.86. The summed E-state index contributed by atoms with van der Waals surface area (Å²) in [6, 6.07) is 6.18. The number of fused-ring (bicyclic) bond motifs is 1. The highest BCUT2D eigenvalue weighted by molar-refractivity contribution is 7.92. The van der Waals surface area contributed by atoms with E-state index in [4.69, 9.17) is 15.2 Å². The van der Waals surface area contributed by atoms with Gasteiger partial charge in [-0.3, -0.25) is 0 Å². The van der Waals surface area contributed by atoms with Crippen LogP contribution in [0.25, 0.3) is 11.0 Å². The second-order valence-corrected chi connectivity index (χ2v) is 9.78. The maximum absolute atomic E-state index is 13.4. The van der Waals surface area contributed by atoms with Crippen molar-refractivity contribution >= 4 is 32.5 Å². The molecular weight excluding hydrogens is 406 g/mol. The number of nitrogens with one attached hydrogen (secondary N) is 1. The van der Waals surface area contributed by atoms with Gasteiger partial charge < -0.3 is 25.1 Å². The van der Waals surface area contributed by atoms with E-state index in [0.29, 0.717) is 42.6 Å². The van der Waals surface area contributed by atoms with Crippen molar-refractivity contribution in [1.29, 1.82) is 0 Å². The standard InChI is InChI=1S/C20H25N5O4S/c1-12-22-15-16(19(23-12)25-9-10-29-20(2,3)11-25)24-18(21)17(15)30(26,27)14-7-5-13(28-4)6-8-14/h5-8,24H,9-11,21H2,1-4H3. The predicted octanol–water partition coefficient (Wildman–Crippen LogP) is 2.31. The summed E-state index contributed by atoms with van der Waals surface area (Å²) in [7, 11) is -2.39.